The van der Waals surface area contributed by atoms with Crippen LogP contribution in [0.5, 0.6) is 0 Å². The highest BCUT2D eigenvalue weighted by molar-refractivity contribution is 9.10. The minimum Gasteiger partial charge on any atom is -0.480 e. The summed E-state index contributed by atoms with van der Waals surface area (Å²) in [6.45, 7) is 0.814. The number of ether oxygens (including phenoxy) is 1. The van der Waals surface area contributed by atoms with E-state index in [0.29, 0.717) is 18.7 Å². The number of nitrogens with one attached hydrogen (secondary N) is 1. The lowest BCUT2D eigenvalue weighted by Crippen LogP contribution is -2.31. The lowest BCUT2D eigenvalue weighted by Gasteiger charge is -2.15. The molecule has 17 heavy (non-hydrogen) atoms. The number of carboxylic acid groups (broad SMARTS) is 1. The molecule has 0 fully saturated rings. The molecule has 1 unspecified atom stereocenters. The number of aliphatic carboxylic acids is 1. The fourth-order valence-electron chi connectivity index (χ4n) is 1.35. The quantitative estimate of drug-likeness (QED) is 0.789. The van der Waals surface area contributed by atoms with E-state index < -0.39 is 17.8 Å². The van der Waals surface area contributed by atoms with Crippen molar-refractivity contribution in [2.24, 2.45) is 0 Å². The van der Waals surface area contributed by atoms with Crippen molar-refractivity contribution in [3.05, 3.63) is 34.1 Å². The summed E-state index contributed by atoms with van der Waals surface area (Å²) in [4.78, 5) is 11.1. The highest BCUT2D eigenvalue weighted by Crippen LogP contribution is 2.21. The molecule has 2 N–H and O–H groups in total. The Bertz CT molecular complexity index is 400. The van der Waals surface area contributed by atoms with Crippen LogP contribution in [0.4, 0.5) is 4.39 Å². The van der Waals surface area contributed by atoms with Gasteiger partial charge >= 0.3 is 5.97 Å². The highest BCUT2D eigenvalue weighted by atomic mass is 79.9. The highest BCUT2D eigenvalue weighted by Gasteiger charge is 2.19. The first-order chi connectivity index (χ1) is 8.06. The predicted octanol–water partition coefficient (Wildman–Crippen LogP) is 1.95. The van der Waals surface area contributed by atoms with Gasteiger partial charge in [0.25, 0.3) is 0 Å². The van der Waals surface area contributed by atoms with E-state index in [1.165, 1.54) is 25.3 Å². The summed E-state index contributed by atoms with van der Waals surface area (Å²) in [6.07, 6.45) is 0. The zero-order valence-corrected chi connectivity index (χ0v) is 10.8. The molecule has 1 aromatic carbocycles. The SMILES string of the molecule is COCCNC(C(=O)O)c1ccc(F)c(Br)c1. The first kappa shape index (κ1) is 14.1. The van der Waals surface area contributed by atoms with Gasteiger partial charge in [-0.1, -0.05) is 6.07 Å². The van der Waals surface area contributed by atoms with Crippen LogP contribution in [0.3, 0.4) is 0 Å². The molecule has 6 heteroatoms. The van der Waals surface area contributed by atoms with Gasteiger partial charge in [0.1, 0.15) is 11.9 Å². The Morgan fingerprint density at radius 1 is 1.65 bits per heavy atom. The average Bonchev–Trinajstić information content (AvgIpc) is 2.28. The van der Waals surface area contributed by atoms with Crippen LogP contribution in [0.2, 0.25) is 0 Å². The van der Waals surface area contributed by atoms with Crippen LogP contribution in [0, 0.1) is 5.82 Å². The van der Waals surface area contributed by atoms with E-state index in [1.54, 1.807) is 0 Å². The van der Waals surface area contributed by atoms with E-state index in [9.17, 15) is 9.18 Å². The average molecular weight is 306 g/mol. The molecule has 94 valence electrons. The molecule has 1 rings (SSSR count). The summed E-state index contributed by atoms with van der Waals surface area (Å²) >= 11 is 3.02. The van der Waals surface area contributed by atoms with Crippen molar-refractivity contribution in [1.82, 2.24) is 5.32 Å². The fourth-order valence-corrected chi connectivity index (χ4v) is 1.74. The van der Waals surface area contributed by atoms with Crippen LogP contribution in [0.25, 0.3) is 0 Å². The van der Waals surface area contributed by atoms with E-state index in [-0.39, 0.29) is 4.47 Å². The largest absolute Gasteiger partial charge is 0.480 e. The minimum absolute atomic E-state index is 0.245. The van der Waals surface area contributed by atoms with Gasteiger partial charge in [0.2, 0.25) is 0 Å². The van der Waals surface area contributed by atoms with Gasteiger partial charge in [-0.05, 0) is 33.6 Å². The van der Waals surface area contributed by atoms with E-state index in [2.05, 4.69) is 21.2 Å². The molecule has 0 aromatic heterocycles. The third kappa shape index (κ3) is 4.07. The zero-order valence-electron chi connectivity index (χ0n) is 9.24. The Morgan fingerprint density at radius 3 is 2.88 bits per heavy atom. The smallest absolute Gasteiger partial charge is 0.325 e. The van der Waals surface area contributed by atoms with Gasteiger partial charge in [-0.25, -0.2) is 4.39 Å². The Labute approximate surface area is 107 Å². The van der Waals surface area contributed by atoms with Crippen LogP contribution in [-0.2, 0) is 9.53 Å². The lowest BCUT2D eigenvalue weighted by molar-refractivity contribution is -0.139. The Kier molecular flexibility index (Phi) is 5.54. The number of carboxylic acids is 1. The second kappa shape index (κ2) is 6.68. The number of hydrogen-bond acceptors (Lipinski definition) is 3. The molecule has 0 heterocycles. The molecule has 0 saturated heterocycles. The molecular weight excluding hydrogens is 293 g/mol. The molecule has 0 bridgehead atoms. The normalized spacial score (nSPS) is 12.4. The summed E-state index contributed by atoms with van der Waals surface area (Å²) in [6, 6.07) is 3.25. The van der Waals surface area contributed by atoms with E-state index in [4.69, 9.17) is 9.84 Å². The summed E-state index contributed by atoms with van der Waals surface area (Å²) < 4.78 is 18.1. The maximum atomic E-state index is 13.0. The molecule has 1 atom stereocenters. The molecule has 0 aliphatic heterocycles. The Balaban J connectivity index is 2.82. The standard InChI is InChI=1S/C11H13BrFNO3/c1-17-5-4-14-10(11(15)16)7-2-3-9(13)8(12)6-7/h2-3,6,10,14H,4-5H2,1H3,(H,15,16). The minimum atomic E-state index is -1.01. The number of rotatable bonds is 6. The molecule has 0 amide bonds. The summed E-state index contributed by atoms with van der Waals surface area (Å²) in [5, 5.41) is 11.9. The van der Waals surface area contributed by atoms with E-state index >= 15 is 0 Å². The predicted molar refractivity (Wildman–Crippen MR) is 64.4 cm³/mol. The number of carbonyl (C=O) groups is 1. The Morgan fingerprint density at radius 2 is 2.35 bits per heavy atom. The van der Waals surface area contributed by atoms with Gasteiger partial charge < -0.3 is 9.84 Å². The van der Waals surface area contributed by atoms with Gasteiger partial charge in [0, 0.05) is 13.7 Å². The molecule has 0 aliphatic rings. The van der Waals surface area contributed by atoms with Gasteiger partial charge in [-0.2, -0.15) is 0 Å². The van der Waals surface area contributed by atoms with Crippen LogP contribution in [0.1, 0.15) is 11.6 Å². The van der Waals surface area contributed by atoms with Crippen molar-refractivity contribution in [2.45, 2.75) is 6.04 Å². The van der Waals surface area contributed by atoms with Gasteiger partial charge in [0.15, 0.2) is 0 Å². The van der Waals surface area contributed by atoms with Crippen molar-refractivity contribution in [3.8, 4) is 0 Å². The van der Waals surface area contributed by atoms with Crippen molar-refractivity contribution >= 4 is 21.9 Å². The third-order valence-corrected chi connectivity index (χ3v) is 2.79. The number of hydrogen-bond donors (Lipinski definition) is 2. The van der Waals surface area contributed by atoms with Crippen LogP contribution < -0.4 is 5.32 Å². The molecule has 0 radical (unpaired) electrons. The summed E-state index contributed by atoms with van der Waals surface area (Å²) in [7, 11) is 1.53. The van der Waals surface area contributed by atoms with Crippen molar-refractivity contribution < 1.29 is 19.0 Å². The second-order valence-corrected chi connectivity index (χ2v) is 4.25. The molecule has 1 aromatic rings. The lowest BCUT2D eigenvalue weighted by atomic mass is 10.1. The molecular formula is C11H13BrFNO3. The fraction of sp³-hybridized carbons (Fsp3) is 0.364. The monoisotopic (exact) mass is 305 g/mol. The maximum Gasteiger partial charge on any atom is 0.325 e. The van der Waals surface area contributed by atoms with Crippen LogP contribution in [0.15, 0.2) is 22.7 Å². The molecule has 0 aliphatic carbocycles. The third-order valence-electron chi connectivity index (χ3n) is 2.18. The molecule has 0 spiro atoms. The summed E-state index contributed by atoms with van der Waals surface area (Å²) in [5.74, 6) is -1.44. The second-order valence-electron chi connectivity index (χ2n) is 3.39. The first-order valence-electron chi connectivity index (χ1n) is 4.96. The van der Waals surface area contributed by atoms with Gasteiger partial charge in [-0.3, -0.25) is 10.1 Å². The number of benzene rings is 1. The van der Waals surface area contributed by atoms with Crippen LogP contribution >= 0.6 is 15.9 Å². The topological polar surface area (TPSA) is 58.6 Å². The maximum absolute atomic E-state index is 13.0. The van der Waals surface area contributed by atoms with E-state index in [1.807, 2.05) is 0 Å². The van der Waals surface area contributed by atoms with E-state index in [0.717, 1.165) is 0 Å². The summed E-state index contributed by atoms with van der Waals surface area (Å²) in [5.41, 5.74) is 0.488. The van der Waals surface area contributed by atoms with Crippen molar-refractivity contribution in [2.75, 3.05) is 20.3 Å². The molecule has 0 saturated carbocycles. The van der Waals surface area contributed by atoms with Gasteiger partial charge in [0.05, 0.1) is 11.1 Å². The van der Waals surface area contributed by atoms with Gasteiger partial charge in [-0.15, -0.1) is 0 Å². The molecule has 4 nitrogen and oxygen atoms in total. The van der Waals surface area contributed by atoms with Crippen molar-refractivity contribution in [3.63, 3.8) is 0 Å². The number of halogens is 2. The van der Waals surface area contributed by atoms with Crippen LogP contribution in [-0.4, -0.2) is 31.3 Å². The Hall–Kier alpha value is -0.980. The van der Waals surface area contributed by atoms with Crippen molar-refractivity contribution in [1.29, 1.82) is 0 Å². The number of methoxy groups -OCH3 is 1. The zero-order chi connectivity index (χ0) is 12.8. The first-order valence-corrected chi connectivity index (χ1v) is 5.75.